The summed E-state index contributed by atoms with van der Waals surface area (Å²) in [4.78, 5) is 21.4. The van der Waals surface area contributed by atoms with Crippen molar-refractivity contribution in [3.8, 4) is 0 Å². The molecule has 1 atom stereocenters. The zero-order chi connectivity index (χ0) is 19.6. The summed E-state index contributed by atoms with van der Waals surface area (Å²) in [7, 11) is 0. The van der Waals surface area contributed by atoms with E-state index in [4.69, 9.17) is 9.15 Å². The third-order valence-corrected chi connectivity index (χ3v) is 6.39. The van der Waals surface area contributed by atoms with Gasteiger partial charge in [0.2, 0.25) is 5.91 Å². The number of hydrogen-bond donors (Lipinski definition) is 1. The third kappa shape index (κ3) is 4.73. The van der Waals surface area contributed by atoms with E-state index < -0.39 is 0 Å². The van der Waals surface area contributed by atoms with Crippen LogP contribution in [0.1, 0.15) is 25.7 Å². The maximum absolute atomic E-state index is 12.4. The Kier molecular flexibility index (Phi) is 5.42. The molecule has 0 unspecified atom stereocenters. The van der Waals surface area contributed by atoms with Gasteiger partial charge in [0.15, 0.2) is 5.58 Å². The fraction of sp³-hybridized carbons (Fsp3) is 0.636. The van der Waals surface area contributed by atoms with E-state index in [0.29, 0.717) is 25.0 Å². The van der Waals surface area contributed by atoms with Crippen LogP contribution in [0.2, 0.25) is 0 Å². The highest BCUT2D eigenvalue weighted by atomic mass is 16.5. The molecule has 2 saturated heterocycles. The van der Waals surface area contributed by atoms with Crippen LogP contribution >= 0.6 is 0 Å². The molecule has 7 nitrogen and oxygen atoms in total. The predicted octanol–water partition coefficient (Wildman–Crippen LogP) is 2.59. The van der Waals surface area contributed by atoms with E-state index in [9.17, 15) is 4.79 Å². The van der Waals surface area contributed by atoms with Gasteiger partial charge in [-0.1, -0.05) is 12.1 Å². The quantitative estimate of drug-likeness (QED) is 0.773. The summed E-state index contributed by atoms with van der Waals surface area (Å²) >= 11 is 0. The molecule has 3 fully saturated rings. The van der Waals surface area contributed by atoms with E-state index in [2.05, 4.69) is 15.2 Å². The van der Waals surface area contributed by atoms with Crippen molar-refractivity contribution in [1.82, 2.24) is 14.8 Å². The first kappa shape index (κ1) is 18.9. The summed E-state index contributed by atoms with van der Waals surface area (Å²) in [6, 6.07) is 8.21. The van der Waals surface area contributed by atoms with Gasteiger partial charge in [-0.3, -0.25) is 4.79 Å². The molecule has 2 aliphatic heterocycles. The number of piperidine rings is 1. The fourth-order valence-corrected chi connectivity index (χ4v) is 4.46. The first-order chi connectivity index (χ1) is 14.2. The fourth-order valence-electron chi connectivity index (χ4n) is 4.46. The number of likely N-dealkylation sites (tertiary alicyclic amines) is 1. The number of aromatic nitrogens is 1. The van der Waals surface area contributed by atoms with E-state index in [-0.39, 0.29) is 18.6 Å². The van der Waals surface area contributed by atoms with Crippen LogP contribution in [0.4, 0.5) is 6.01 Å². The molecule has 1 aromatic heterocycles. The highest BCUT2D eigenvalue weighted by Gasteiger charge is 2.31. The van der Waals surface area contributed by atoms with Gasteiger partial charge in [0.25, 0.3) is 6.01 Å². The minimum absolute atomic E-state index is 0.0438. The second-order valence-electron chi connectivity index (χ2n) is 8.79. The van der Waals surface area contributed by atoms with Crippen LogP contribution in [0.25, 0.3) is 11.1 Å². The predicted molar refractivity (Wildman–Crippen MR) is 111 cm³/mol. The Hall–Kier alpha value is -2.12. The van der Waals surface area contributed by atoms with Crippen LogP contribution in [0.15, 0.2) is 28.7 Å². The van der Waals surface area contributed by atoms with E-state index >= 15 is 0 Å². The summed E-state index contributed by atoms with van der Waals surface area (Å²) in [6.07, 6.45) is 5.19. The van der Waals surface area contributed by atoms with Crippen molar-refractivity contribution >= 4 is 23.0 Å². The van der Waals surface area contributed by atoms with Gasteiger partial charge >= 0.3 is 0 Å². The molecule has 29 heavy (non-hydrogen) atoms. The number of ether oxygens (including phenoxy) is 1. The monoisotopic (exact) mass is 398 g/mol. The number of nitrogens with zero attached hydrogens (tertiary/aromatic N) is 3. The van der Waals surface area contributed by atoms with Crippen molar-refractivity contribution in [3.05, 3.63) is 24.3 Å². The van der Waals surface area contributed by atoms with Crippen LogP contribution in [-0.2, 0) is 9.53 Å². The summed E-state index contributed by atoms with van der Waals surface area (Å²) in [5, 5.41) is 3.23. The first-order valence-electron chi connectivity index (χ1n) is 10.9. The Bertz CT molecular complexity index is 808. The smallest absolute Gasteiger partial charge is 0.295 e. The van der Waals surface area contributed by atoms with E-state index in [1.165, 1.54) is 45.3 Å². The number of rotatable bonds is 7. The largest absolute Gasteiger partial charge is 0.424 e. The molecule has 1 aliphatic carbocycles. The average Bonchev–Trinajstić information content (AvgIpc) is 3.45. The minimum Gasteiger partial charge on any atom is -0.424 e. The number of morpholine rings is 1. The van der Waals surface area contributed by atoms with Crippen molar-refractivity contribution < 1.29 is 13.9 Å². The first-order valence-corrected chi connectivity index (χ1v) is 10.9. The van der Waals surface area contributed by atoms with Crippen LogP contribution in [0.5, 0.6) is 0 Å². The molecule has 156 valence electrons. The Morgan fingerprint density at radius 3 is 2.66 bits per heavy atom. The van der Waals surface area contributed by atoms with Crippen molar-refractivity contribution in [1.29, 1.82) is 0 Å². The number of fused-ring (bicyclic) bond motifs is 1. The number of para-hydroxylation sites is 2. The number of nitrogens with one attached hydrogen (secondary N) is 1. The van der Waals surface area contributed by atoms with E-state index in [1.54, 1.807) is 0 Å². The molecule has 0 bridgehead atoms. The lowest BCUT2D eigenvalue weighted by Gasteiger charge is -2.38. The number of oxazole rings is 1. The molecule has 1 N–H and O–H groups in total. The van der Waals surface area contributed by atoms with Gasteiger partial charge < -0.3 is 24.3 Å². The molecule has 0 spiro atoms. The zero-order valence-corrected chi connectivity index (χ0v) is 16.9. The number of anilines is 1. The van der Waals surface area contributed by atoms with Crippen molar-refractivity contribution in [2.45, 2.75) is 31.8 Å². The van der Waals surface area contributed by atoms with Gasteiger partial charge in [0.05, 0.1) is 6.10 Å². The molecular weight excluding hydrogens is 368 g/mol. The lowest BCUT2D eigenvalue weighted by molar-refractivity contribution is -0.149. The van der Waals surface area contributed by atoms with Crippen LogP contribution in [0.3, 0.4) is 0 Å². The van der Waals surface area contributed by atoms with Crippen LogP contribution in [0, 0.1) is 11.8 Å². The van der Waals surface area contributed by atoms with Gasteiger partial charge in [0, 0.05) is 26.2 Å². The van der Waals surface area contributed by atoms with Crippen LogP contribution < -0.4 is 5.32 Å². The molecule has 3 heterocycles. The summed E-state index contributed by atoms with van der Waals surface area (Å²) < 4.78 is 11.4. The summed E-state index contributed by atoms with van der Waals surface area (Å²) in [5.74, 6) is 1.68. The molecule has 7 heteroatoms. The molecule has 3 aliphatic rings. The number of amides is 1. The van der Waals surface area contributed by atoms with E-state index in [0.717, 1.165) is 23.6 Å². The Balaban J connectivity index is 1.10. The van der Waals surface area contributed by atoms with Gasteiger partial charge in [-0.2, -0.15) is 4.98 Å². The van der Waals surface area contributed by atoms with Crippen molar-refractivity contribution in [2.75, 3.05) is 51.2 Å². The molecule has 1 aromatic carbocycles. The third-order valence-electron chi connectivity index (χ3n) is 6.39. The van der Waals surface area contributed by atoms with Crippen molar-refractivity contribution in [3.63, 3.8) is 0 Å². The van der Waals surface area contributed by atoms with Crippen LogP contribution in [-0.4, -0.2) is 72.7 Å². The Labute approximate surface area is 171 Å². The summed E-state index contributed by atoms with van der Waals surface area (Å²) in [6.45, 7) is 5.89. The highest BCUT2D eigenvalue weighted by molar-refractivity contribution is 5.78. The Morgan fingerprint density at radius 1 is 1.07 bits per heavy atom. The van der Waals surface area contributed by atoms with Gasteiger partial charge in [-0.15, -0.1) is 0 Å². The molecule has 2 aromatic rings. The summed E-state index contributed by atoms with van der Waals surface area (Å²) in [5.41, 5.74) is 1.61. The molecule has 5 rings (SSSR count). The van der Waals surface area contributed by atoms with Gasteiger partial charge in [0.1, 0.15) is 12.1 Å². The number of carbonyl (C=O) groups excluding carboxylic acids is 1. The van der Waals surface area contributed by atoms with Gasteiger partial charge in [-0.05, 0) is 62.7 Å². The standard InChI is InChI=1S/C22H30N4O3/c27-21-15-28-18(11-23-22-24-19-3-1-2-4-20(19)29-22)14-26(21)13-17-7-9-25(10-8-17)12-16-5-6-16/h1-4,16-18H,5-15H2,(H,23,24)/t18-/m0/s1. The lowest BCUT2D eigenvalue weighted by Crippen LogP contribution is -2.51. The van der Waals surface area contributed by atoms with E-state index in [1.807, 2.05) is 29.2 Å². The average molecular weight is 399 g/mol. The van der Waals surface area contributed by atoms with Gasteiger partial charge in [-0.25, -0.2) is 0 Å². The molecule has 1 saturated carbocycles. The zero-order valence-electron chi connectivity index (χ0n) is 16.9. The maximum atomic E-state index is 12.4. The topological polar surface area (TPSA) is 70.8 Å². The molecule has 0 radical (unpaired) electrons. The lowest BCUT2D eigenvalue weighted by atomic mass is 9.95. The normalized spacial score (nSPS) is 24.3. The minimum atomic E-state index is -0.0438. The highest BCUT2D eigenvalue weighted by Crippen LogP contribution is 2.31. The second kappa shape index (κ2) is 8.32. The number of carbonyl (C=O) groups is 1. The molecular formula is C22H30N4O3. The molecule has 1 amide bonds. The maximum Gasteiger partial charge on any atom is 0.295 e. The Morgan fingerprint density at radius 2 is 1.86 bits per heavy atom. The van der Waals surface area contributed by atoms with Crippen molar-refractivity contribution in [2.24, 2.45) is 11.8 Å². The number of hydrogen-bond acceptors (Lipinski definition) is 6. The number of benzene rings is 1. The SMILES string of the molecule is O=C1CO[C@@H](CNc2nc3ccccc3o2)CN1CC1CCN(CC2CC2)CC1. The second-order valence-corrected chi connectivity index (χ2v) is 8.79.